The quantitative estimate of drug-likeness (QED) is 0.268. The van der Waals surface area contributed by atoms with E-state index in [9.17, 15) is 14.7 Å². The maximum atomic E-state index is 15.4. The molecule has 0 unspecified atom stereocenters. The zero-order valence-electron chi connectivity index (χ0n) is 27.3. The lowest BCUT2D eigenvalue weighted by molar-refractivity contribution is 0.271. The number of aromatic nitrogens is 5. The van der Waals surface area contributed by atoms with Crippen LogP contribution in [0.4, 0.5) is 21.6 Å². The van der Waals surface area contributed by atoms with Crippen molar-refractivity contribution in [3.63, 3.8) is 0 Å². The first kappa shape index (κ1) is 32.0. The highest BCUT2D eigenvalue weighted by Crippen LogP contribution is 2.30. The lowest BCUT2D eigenvalue weighted by Gasteiger charge is -2.35. The van der Waals surface area contributed by atoms with Gasteiger partial charge in [0.05, 0.1) is 41.5 Å². The number of halogens is 1. The Morgan fingerprint density at radius 3 is 2.40 bits per heavy atom. The Bertz CT molecular complexity index is 2060. The van der Waals surface area contributed by atoms with Gasteiger partial charge in [0, 0.05) is 49.7 Å². The summed E-state index contributed by atoms with van der Waals surface area (Å²) in [5.74, 6) is -0.138. The second kappa shape index (κ2) is 12.7. The number of fused-ring (bicyclic) bond motifs is 1. The molecule has 1 fully saturated rings. The molecule has 6 rings (SSSR count). The number of likely N-dealkylation sites (N-methyl/N-ethyl adjacent to an activating group) is 1. The van der Waals surface area contributed by atoms with Crippen molar-refractivity contribution < 1.29 is 9.50 Å². The summed E-state index contributed by atoms with van der Waals surface area (Å²) in [6.07, 6.45) is 3.25. The Morgan fingerprint density at radius 2 is 1.74 bits per heavy atom. The number of aryl methyl sites for hydroxylation is 1. The van der Waals surface area contributed by atoms with E-state index in [2.05, 4.69) is 37.2 Å². The van der Waals surface area contributed by atoms with Gasteiger partial charge in [-0.25, -0.2) is 14.1 Å². The van der Waals surface area contributed by atoms with Gasteiger partial charge in [-0.15, -0.1) is 0 Å². The Kier molecular flexibility index (Phi) is 8.64. The number of hydrogen-bond acceptors (Lipinski definition) is 9. The molecule has 5 aromatic rings. The van der Waals surface area contributed by atoms with Crippen molar-refractivity contribution in [2.45, 2.75) is 39.7 Å². The van der Waals surface area contributed by atoms with Crippen LogP contribution in [0.2, 0.25) is 0 Å². The smallest absolute Gasteiger partial charge is 0.290 e. The summed E-state index contributed by atoms with van der Waals surface area (Å²) in [6, 6.07) is 13.6. The number of nitrogens with one attached hydrogen (secondary N) is 1. The molecule has 1 aliphatic heterocycles. The number of hydrogen-bond donors (Lipinski definition) is 2. The topological polar surface area (TPSA) is 121 Å². The number of benzene rings is 2. The third kappa shape index (κ3) is 6.26. The SMILES string of the molecule is CCN1CCN(c2ccc(Nc3cc(-c4cccc(-n5ncc6cc(C(C)(C)C)cc(F)c6c5=O)c4CO)nn(C)c3=O)nc2)CC1. The first-order valence-corrected chi connectivity index (χ1v) is 15.7. The molecule has 47 heavy (non-hydrogen) atoms. The summed E-state index contributed by atoms with van der Waals surface area (Å²) in [5, 5.41) is 22.8. The third-order valence-corrected chi connectivity index (χ3v) is 8.78. The molecule has 1 saturated heterocycles. The molecule has 0 aliphatic carbocycles. The molecule has 11 nitrogen and oxygen atoms in total. The van der Waals surface area contributed by atoms with Crippen LogP contribution in [0.15, 0.2) is 70.5 Å². The highest BCUT2D eigenvalue weighted by Gasteiger charge is 2.22. The summed E-state index contributed by atoms with van der Waals surface area (Å²) in [4.78, 5) is 36.0. The number of pyridine rings is 1. The van der Waals surface area contributed by atoms with Gasteiger partial charge < -0.3 is 20.2 Å². The Morgan fingerprint density at radius 1 is 0.979 bits per heavy atom. The molecule has 2 N–H and O–H groups in total. The summed E-state index contributed by atoms with van der Waals surface area (Å²) in [6.45, 7) is 12.5. The van der Waals surface area contributed by atoms with Gasteiger partial charge in [-0.2, -0.15) is 14.9 Å². The highest BCUT2D eigenvalue weighted by atomic mass is 19.1. The zero-order valence-corrected chi connectivity index (χ0v) is 27.3. The number of aliphatic hydroxyl groups excluding tert-OH is 1. The average Bonchev–Trinajstić information content (AvgIpc) is 3.06. The molecule has 2 aromatic carbocycles. The van der Waals surface area contributed by atoms with Crippen LogP contribution < -0.4 is 21.3 Å². The molecular formula is C35H39FN8O3. The van der Waals surface area contributed by atoms with Crippen LogP contribution in [-0.4, -0.2) is 67.3 Å². The number of anilines is 3. The van der Waals surface area contributed by atoms with Crippen molar-refractivity contribution in [3.8, 4) is 16.9 Å². The van der Waals surface area contributed by atoms with Crippen molar-refractivity contribution >= 4 is 28.0 Å². The minimum atomic E-state index is -0.648. The molecular weight excluding hydrogens is 599 g/mol. The fraction of sp³-hybridized carbons (Fsp3) is 0.343. The van der Waals surface area contributed by atoms with Crippen LogP contribution in [0.25, 0.3) is 27.7 Å². The second-order valence-electron chi connectivity index (χ2n) is 12.8. The summed E-state index contributed by atoms with van der Waals surface area (Å²) >= 11 is 0. The standard InChI is InChI=1S/C35H39FN8O3/c1-6-42-12-14-43(15-13-42)24-10-11-31(37-20-24)39-29-18-28(40-41(5)33(29)46)25-8-7-9-30(26(25)21-45)44-34(47)32-22(19-38-44)16-23(17-27(32)36)35(2,3)4/h7-11,16-20,45H,6,12-15,21H2,1-5H3,(H,37,39). The van der Waals surface area contributed by atoms with E-state index in [1.54, 1.807) is 36.5 Å². The van der Waals surface area contributed by atoms with Crippen molar-refractivity contribution in [3.05, 3.63) is 98.6 Å². The predicted molar refractivity (Wildman–Crippen MR) is 182 cm³/mol. The van der Waals surface area contributed by atoms with Gasteiger partial charge in [0.2, 0.25) is 0 Å². The van der Waals surface area contributed by atoms with Crippen molar-refractivity contribution in [2.24, 2.45) is 7.05 Å². The molecule has 3 aromatic heterocycles. The summed E-state index contributed by atoms with van der Waals surface area (Å²) < 4.78 is 17.7. The van der Waals surface area contributed by atoms with E-state index in [4.69, 9.17) is 0 Å². The largest absolute Gasteiger partial charge is 0.392 e. The van der Waals surface area contributed by atoms with Gasteiger partial charge in [-0.05, 0) is 53.9 Å². The molecule has 0 atom stereocenters. The minimum Gasteiger partial charge on any atom is -0.392 e. The van der Waals surface area contributed by atoms with Crippen molar-refractivity contribution in [2.75, 3.05) is 42.9 Å². The van der Waals surface area contributed by atoms with E-state index >= 15 is 4.39 Å². The number of nitrogens with zero attached hydrogens (tertiary/aromatic N) is 7. The van der Waals surface area contributed by atoms with Crippen LogP contribution in [0.5, 0.6) is 0 Å². The first-order valence-electron chi connectivity index (χ1n) is 15.7. The maximum absolute atomic E-state index is 15.4. The second-order valence-corrected chi connectivity index (χ2v) is 12.8. The fourth-order valence-electron chi connectivity index (χ4n) is 5.95. The number of piperazine rings is 1. The summed E-state index contributed by atoms with van der Waals surface area (Å²) in [7, 11) is 1.54. The number of rotatable bonds is 7. The van der Waals surface area contributed by atoms with Crippen LogP contribution in [0.3, 0.4) is 0 Å². The monoisotopic (exact) mass is 638 g/mol. The van der Waals surface area contributed by atoms with E-state index in [1.807, 2.05) is 32.9 Å². The molecule has 1 aliphatic rings. The molecule has 4 heterocycles. The van der Waals surface area contributed by atoms with Crippen LogP contribution >= 0.6 is 0 Å². The minimum absolute atomic E-state index is 0.0873. The number of aliphatic hydroxyl groups is 1. The van der Waals surface area contributed by atoms with Gasteiger partial charge in [-0.1, -0.05) is 39.8 Å². The van der Waals surface area contributed by atoms with Gasteiger partial charge in [0.1, 0.15) is 17.3 Å². The predicted octanol–water partition coefficient (Wildman–Crippen LogP) is 4.36. The van der Waals surface area contributed by atoms with Crippen molar-refractivity contribution in [1.29, 1.82) is 0 Å². The lowest BCUT2D eigenvalue weighted by Crippen LogP contribution is -2.46. The molecule has 12 heteroatoms. The first-order chi connectivity index (χ1) is 22.5. The maximum Gasteiger partial charge on any atom is 0.290 e. The normalized spacial score (nSPS) is 14.1. The summed E-state index contributed by atoms with van der Waals surface area (Å²) in [5.41, 5.74) is 2.15. The zero-order chi connectivity index (χ0) is 33.5. The highest BCUT2D eigenvalue weighted by molar-refractivity contribution is 5.83. The fourth-order valence-corrected chi connectivity index (χ4v) is 5.95. The van der Waals surface area contributed by atoms with Crippen LogP contribution in [0, 0.1) is 5.82 Å². The molecule has 244 valence electrons. The molecule has 0 radical (unpaired) electrons. The van der Waals surface area contributed by atoms with Gasteiger partial charge in [-0.3, -0.25) is 9.59 Å². The van der Waals surface area contributed by atoms with Gasteiger partial charge in [0.25, 0.3) is 11.1 Å². The molecule has 0 spiro atoms. The third-order valence-electron chi connectivity index (χ3n) is 8.78. The van der Waals surface area contributed by atoms with E-state index in [-0.39, 0.29) is 27.7 Å². The Balaban J connectivity index is 1.34. The molecule has 0 amide bonds. The van der Waals surface area contributed by atoms with Gasteiger partial charge >= 0.3 is 0 Å². The van der Waals surface area contributed by atoms with Crippen LogP contribution in [-0.2, 0) is 19.1 Å². The average molecular weight is 639 g/mol. The van der Waals surface area contributed by atoms with Crippen LogP contribution in [0.1, 0.15) is 38.8 Å². The van der Waals surface area contributed by atoms with E-state index in [0.717, 1.165) is 48.7 Å². The van der Waals surface area contributed by atoms with Gasteiger partial charge in [0.15, 0.2) is 0 Å². The Labute approximate surface area is 271 Å². The van der Waals surface area contributed by atoms with E-state index < -0.39 is 18.0 Å². The molecule has 0 saturated carbocycles. The van der Waals surface area contributed by atoms with Crippen molar-refractivity contribution in [1.82, 2.24) is 29.4 Å². The molecule has 0 bridgehead atoms. The van der Waals surface area contributed by atoms with E-state index in [1.165, 1.54) is 24.0 Å². The lowest BCUT2D eigenvalue weighted by atomic mass is 9.86. The van der Waals surface area contributed by atoms with E-state index in [0.29, 0.717) is 28.0 Å². The Hall–Kier alpha value is -4.94.